The van der Waals surface area contributed by atoms with E-state index in [-0.39, 0.29) is 0 Å². The largest absolute Gasteiger partial charge is 0.455 e. The Bertz CT molecular complexity index is 1680. The molecule has 7 rings (SSSR count). The molecule has 3 heteroatoms. The quantitative estimate of drug-likeness (QED) is 0.178. The van der Waals surface area contributed by atoms with Crippen LogP contribution in [0.1, 0.15) is 25.0 Å². The van der Waals surface area contributed by atoms with E-state index >= 15 is 0 Å². The first-order valence-corrected chi connectivity index (χ1v) is 17.3. The molecule has 208 valence electrons. The molecule has 43 heavy (non-hydrogen) atoms. The zero-order valence-corrected chi connectivity index (χ0v) is 26.1. The Kier molecular flexibility index (Phi) is 7.78. The van der Waals surface area contributed by atoms with E-state index in [1.165, 1.54) is 54.1 Å². The minimum Gasteiger partial charge on any atom is -0.455 e. The summed E-state index contributed by atoms with van der Waals surface area (Å²) in [6.45, 7) is 4.45. The lowest BCUT2D eigenvalue weighted by atomic mass is 9.91. The Morgan fingerprint density at radius 2 is 0.721 bits per heavy atom. The average Bonchev–Trinajstić information content (AvgIpc) is 3.06. The molecule has 0 unspecified atom stereocenters. The van der Waals surface area contributed by atoms with Gasteiger partial charge in [-0.25, -0.2) is 0 Å². The summed E-state index contributed by atoms with van der Waals surface area (Å²) in [7, 11) is -1.69. The maximum atomic E-state index is 7.27. The molecular formula is C40H32OP2. The van der Waals surface area contributed by atoms with Crippen LogP contribution in [0.4, 0.5) is 0 Å². The van der Waals surface area contributed by atoms with Gasteiger partial charge < -0.3 is 4.74 Å². The van der Waals surface area contributed by atoms with Crippen molar-refractivity contribution < 1.29 is 4.74 Å². The van der Waals surface area contributed by atoms with Gasteiger partial charge in [-0.1, -0.05) is 163 Å². The van der Waals surface area contributed by atoms with Crippen molar-refractivity contribution in [1.29, 1.82) is 0 Å². The number of hydrogen-bond acceptors (Lipinski definition) is 1. The second-order valence-electron chi connectivity index (χ2n) is 10.8. The second-order valence-corrected chi connectivity index (χ2v) is 15.2. The van der Waals surface area contributed by atoms with Gasteiger partial charge in [-0.2, -0.15) is 0 Å². The molecule has 0 atom stereocenters. The highest BCUT2D eigenvalue weighted by molar-refractivity contribution is 7.80. The lowest BCUT2D eigenvalue weighted by Crippen LogP contribution is -2.26. The number of allylic oxidation sites excluding steroid dienone is 1. The first kappa shape index (κ1) is 27.5. The molecule has 0 amide bonds. The molecule has 0 radical (unpaired) electrons. The summed E-state index contributed by atoms with van der Waals surface area (Å²) in [5, 5.41) is 7.74. The minimum absolute atomic E-state index is 0.843. The van der Waals surface area contributed by atoms with Crippen molar-refractivity contribution >= 4 is 53.2 Å². The Balaban J connectivity index is 1.48. The number of hydrogen-bond donors (Lipinski definition) is 0. The molecule has 0 spiro atoms. The lowest BCUT2D eigenvalue weighted by Gasteiger charge is -2.32. The number of benzene rings is 6. The van der Waals surface area contributed by atoms with E-state index in [1.54, 1.807) is 0 Å². The predicted molar refractivity (Wildman–Crippen MR) is 188 cm³/mol. The molecule has 0 saturated heterocycles. The van der Waals surface area contributed by atoms with Gasteiger partial charge in [0.05, 0.1) is 0 Å². The van der Waals surface area contributed by atoms with Crippen LogP contribution in [-0.2, 0) is 0 Å². The van der Waals surface area contributed by atoms with Crippen molar-refractivity contribution in [2.45, 2.75) is 13.8 Å². The van der Waals surface area contributed by atoms with Gasteiger partial charge >= 0.3 is 0 Å². The first-order chi connectivity index (χ1) is 21.2. The van der Waals surface area contributed by atoms with Crippen molar-refractivity contribution in [3.05, 3.63) is 174 Å². The number of rotatable bonds is 6. The maximum absolute atomic E-state index is 7.27. The van der Waals surface area contributed by atoms with Crippen molar-refractivity contribution in [2.24, 2.45) is 0 Å². The smallest absolute Gasteiger partial charge is 0.143 e. The molecule has 0 aromatic heterocycles. The molecule has 1 aliphatic rings. The summed E-state index contributed by atoms with van der Waals surface area (Å²) in [6.07, 6.45) is 0. The van der Waals surface area contributed by atoms with E-state index < -0.39 is 15.8 Å². The van der Waals surface area contributed by atoms with Gasteiger partial charge in [0.15, 0.2) is 0 Å². The zero-order chi connectivity index (χ0) is 29.2. The fourth-order valence-corrected chi connectivity index (χ4v) is 10.8. The summed E-state index contributed by atoms with van der Waals surface area (Å²) < 4.78 is 7.27. The van der Waals surface area contributed by atoms with E-state index in [2.05, 4.69) is 172 Å². The Morgan fingerprint density at radius 3 is 1.02 bits per heavy atom. The van der Waals surface area contributed by atoms with E-state index in [4.69, 9.17) is 4.74 Å². The molecule has 6 aromatic rings. The first-order valence-electron chi connectivity index (χ1n) is 14.6. The Labute approximate surface area is 257 Å². The highest BCUT2D eigenvalue weighted by Crippen LogP contribution is 2.50. The van der Waals surface area contributed by atoms with Crippen molar-refractivity contribution in [3.8, 4) is 11.5 Å². The molecule has 6 aromatic carbocycles. The topological polar surface area (TPSA) is 9.23 Å². The predicted octanol–water partition coefficient (Wildman–Crippen LogP) is 8.15. The molecule has 0 N–H and O–H groups in total. The molecule has 1 nitrogen and oxygen atoms in total. The Hall–Kier alpha value is -4.28. The fourth-order valence-electron chi connectivity index (χ4n) is 5.96. The van der Waals surface area contributed by atoms with Crippen LogP contribution in [0.15, 0.2) is 163 Å². The molecular weight excluding hydrogens is 558 g/mol. The van der Waals surface area contributed by atoms with Crippen molar-refractivity contribution in [3.63, 3.8) is 0 Å². The molecule has 0 fully saturated rings. The summed E-state index contributed by atoms with van der Waals surface area (Å²) in [6, 6.07) is 57.0. The van der Waals surface area contributed by atoms with E-state index in [1.807, 2.05) is 0 Å². The van der Waals surface area contributed by atoms with Crippen LogP contribution in [-0.4, -0.2) is 0 Å². The molecule has 0 saturated carbocycles. The van der Waals surface area contributed by atoms with Gasteiger partial charge in [-0.3, -0.25) is 0 Å². The van der Waals surface area contributed by atoms with Crippen LogP contribution in [0.2, 0.25) is 0 Å². The molecule has 0 aliphatic carbocycles. The van der Waals surface area contributed by atoms with E-state index in [9.17, 15) is 0 Å². The van der Waals surface area contributed by atoms with Crippen LogP contribution in [0.25, 0.3) is 5.57 Å². The second kappa shape index (κ2) is 12.1. The average molecular weight is 591 g/mol. The molecule has 0 bridgehead atoms. The van der Waals surface area contributed by atoms with Gasteiger partial charge in [-0.05, 0) is 56.5 Å². The third-order valence-electron chi connectivity index (χ3n) is 7.77. The minimum atomic E-state index is -0.843. The third kappa shape index (κ3) is 5.25. The summed E-state index contributed by atoms with van der Waals surface area (Å²) >= 11 is 0. The van der Waals surface area contributed by atoms with Crippen LogP contribution in [0.5, 0.6) is 11.5 Å². The zero-order valence-electron chi connectivity index (χ0n) is 24.3. The fraction of sp³-hybridized carbons (Fsp3) is 0.0500. The molecule has 1 heterocycles. The maximum Gasteiger partial charge on any atom is 0.143 e. The number of fused-ring (bicyclic) bond motifs is 2. The SMILES string of the molecule is CC(C)=C1c2cccc(P(c3ccccc3)c3ccccc3)c2Oc2c1cccc2P(c1ccccc1)c1ccccc1. The van der Waals surface area contributed by atoms with Crippen molar-refractivity contribution in [1.82, 2.24) is 0 Å². The highest BCUT2D eigenvalue weighted by atomic mass is 31.1. The lowest BCUT2D eigenvalue weighted by molar-refractivity contribution is 0.482. The van der Waals surface area contributed by atoms with Gasteiger partial charge in [0.25, 0.3) is 0 Å². The van der Waals surface area contributed by atoms with E-state index in [0.29, 0.717) is 0 Å². The van der Waals surface area contributed by atoms with Gasteiger partial charge in [-0.15, -0.1) is 0 Å². The van der Waals surface area contributed by atoms with Crippen LogP contribution in [0.3, 0.4) is 0 Å². The van der Waals surface area contributed by atoms with Gasteiger partial charge in [0, 0.05) is 21.7 Å². The Morgan fingerprint density at radius 1 is 0.395 bits per heavy atom. The number of para-hydroxylation sites is 2. The van der Waals surface area contributed by atoms with E-state index in [0.717, 1.165) is 11.5 Å². The van der Waals surface area contributed by atoms with Crippen molar-refractivity contribution in [2.75, 3.05) is 0 Å². The standard InChI is InChI=1S/C40H32OP2/c1-29(2)38-34-25-15-27-36(42(30-17-7-3-8-18-30)31-19-9-4-10-20-31)39(34)41-40-35(38)26-16-28-37(40)43(32-21-11-5-12-22-32)33-23-13-6-14-24-33/h3-28H,1-2H3. The summed E-state index contributed by atoms with van der Waals surface area (Å²) in [4.78, 5) is 0. The normalized spacial score (nSPS) is 12.0. The van der Waals surface area contributed by atoms with Crippen LogP contribution in [0, 0.1) is 0 Å². The third-order valence-corrected chi connectivity index (χ3v) is 12.7. The van der Waals surface area contributed by atoms with Gasteiger partial charge in [0.1, 0.15) is 11.5 Å². The monoisotopic (exact) mass is 590 g/mol. The molecule has 1 aliphatic heterocycles. The van der Waals surface area contributed by atoms with Gasteiger partial charge in [0.2, 0.25) is 0 Å². The number of ether oxygens (including phenoxy) is 1. The summed E-state index contributed by atoms with van der Waals surface area (Å²) in [5.41, 5.74) is 4.90. The van der Waals surface area contributed by atoms with Crippen LogP contribution < -0.4 is 36.6 Å². The van der Waals surface area contributed by atoms with Crippen LogP contribution >= 0.6 is 15.8 Å². The highest BCUT2D eigenvalue weighted by Gasteiger charge is 2.32. The summed E-state index contributed by atoms with van der Waals surface area (Å²) in [5.74, 6) is 1.96.